The summed E-state index contributed by atoms with van der Waals surface area (Å²) in [7, 11) is 0. The quantitative estimate of drug-likeness (QED) is 0.349. The average molecular weight is 441 g/mol. The molecule has 30 heavy (non-hydrogen) atoms. The number of thiazole rings is 1. The zero-order chi connectivity index (χ0) is 21.3. The zero-order valence-electron chi connectivity index (χ0n) is 15.9. The maximum atomic E-state index is 13.0. The monoisotopic (exact) mass is 440 g/mol. The maximum absolute atomic E-state index is 13.0. The molecule has 3 aromatic rings. The van der Waals surface area contributed by atoms with Crippen LogP contribution in [0.3, 0.4) is 0 Å². The molecule has 4 rings (SSSR count). The number of anilines is 1. The fourth-order valence-corrected chi connectivity index (χ4v) is 4.17. The van der Waals surface area contributed by atoms with Crippen molar-refractivity contribution >= 4 is 45.5 Å². The van der Waals surface area contributed by atoms with Crippen LogP contribution in [0.25, 0.3) is 5.76 Å². The summed E-state index contributed by atoms with van der Waals surface area (Å²) in [4.78, 5) is 31.4. The molecule has 2 aromatic carbocycles. The smallest absolute Gasteiger partial charge is 0.301 e. The van der Waals surface area contributed by atoms with Crippen molar-refractivity contribution in [1.82, 2.24) is 4.98 Å². The predicted molar refractivity (Wildman–Crippen MR) is 116 cm³/mol. The van der Waals surface area contributed by atoms with Crippen LogP contribution >= 0.6 is 22.9 Å². The number of carbonyl (C=O) groups is 2. The highest BCUT2D eigenvalue weighted by Gasteiger charge is 2.47. The number of nitrogens with zero attached hydrogens (tertiary/aromatic N) is 2. The number of hydrogen-bond acceptors (Lipinski definition) is 6. The van der Waals surface area contributed by atoms with Gasteiger partial charge in [0, 0.05) is 22.2 Å². The minimum absolute atomic E-state index is 0.00818. The molecule has 1 atom stereocenters. The van der Waals surface area contributed by atoms with Gasteiger partial charge < -0.3 is 9.84 Å². The van der Waals surface area contributed by atoms with Gasteiger partial charge in [0.15, 0.2) is 5.13 Å². The van der Waals surface area contributed by atoms with E-state index in [0.29, 0.717) is 33.6 Å². The van der Waals surface area contributed by atoms with Gasteiger partial charge in [-0.25, -0.2) is 4.98 Å². The molecule has 8 heteroatoms. The van der Waals surface area contributed by atoms with Crippen LogP contribution in [0.5, 0.6) is 5.75 Å². The molecule has 1 fully saturated rings. The number of halogens is 1. The second-order valence-corrected chi connectivity index (χ2v) is 7.81. The first-order valence-electron chi connectivity index (χ1n) is 9.20. The Hall–Kier alpha value is -3.16. The summed E-state index contributed by atoms with van der Waals surface area (Å²) in [5.74, 6) is -1.23. The van der Waals surface area contributed by atoms with Gasteiger partial charge in [0.1, 0.15) is 11.5 Å². The number of ketones is 1. The van der Waals surface area contributed by atoms with Gasteiger partial charge in [-0.1, -0.05) is 35.9 Å². The first-order valence-corrected chi connectivity index (χ1v) is 10.5. The van der Waals surface area contributed by atoms with E-state index in [1.807, 2.05) is 6.92 Å². The number of Topliss-reactive ketones (excluding diaryl/α,β-unsaturated/α-hetero) is 1. The van der Waals surface area contributed by atoms with Gasteiger partial charge in [-0.2, -0.15) is 0 Å². The minimum Gasteiger partial charge on any atom is -0.507 e. The van der Waals surface area contributed by atoms with Gasteiger partial charge in [0.05, 0.1) is 18.2 Å². The lowest BCUT2D eigenvalue weighted by Gasteiger charge is -2.23. The predicted octanol–water partition coefficient (Wildman–Crippen LogP) is 4.82. The van der Waals surface area contributed by atoms with E-state index in [2.05, 4.69) is 4.98 Å². The highest BCUT2D eigenvalue weighted by Crippen LogP contribution is 2.43. The van der Waals surface area contributed by atoms with Crippen LogP contribution in [0.4, 0.5) is 5.13 Å². The van der Waals surface area contributed by atoms with E-state index >= 15 is 0 Å². The molecular weight excluding hydrogens is 424 g/mol. The number of benzene rings is 2. The zero-order valence-corrected chi connectivity index (χ0v) is 17.5. The SMILES string of the molecule is CCOc1cccc(C(O)=C2C(=O)C(=O)N(c3nccs3)C2c2ccc(Cl)cc2)c1. The number of rotatable bonds is 5. The van der Waals surface area contributed by atoms with Crippen LogP contribution in [0.2, 0.25) is 5.02 Å². The Morgan fingerprint density at radius 3 is 2.67 bits per heavy atom. The Bertz CT molecular complexity index is 1130. The highest BCUT2D eigenvalue weighted by molar-refractivity contribution is 7.14. The number of carbonyl (C=O) groups excluding carboxylic acids is 2. The van der Waals surface area contributed by atoms with Crippen LogP contribution in [0.1, 0.15) is 24.1 Å². The minimum atomic E-state index is -0.829. The molecule has 0 radical (unpaired) electrons. The molecule has 1 saturated heterocycles. The third kappa shape index (κ3) is 3.58. The van der Waals surface area contributed by atoms with E-state index in [4.69, 9.17) is 16.3 Å². The largest absolute Gasteiger partial charge is 0.507 e. The van der Waals surface area contributed by atoms with Gasteiger partial charge >= 0.3 is 5.91 Å². The first kappa shape index (κ1) is 20.1. The van der Waals surface area contributed by atoms with Crippen molar-refractivity contribution < 1.29 is 19.4 Å². The van der Waals surface area contributed by atoms with Gasteiger partial charge in [-0.05, 0) is 36.8 Å². The lowest BCUT2D eigenvalue weighted by Crippen LogP contribution is -2.29. The summed E-state index contributed by atoms with van der Waals surface area (Å²) in [5, 5.41) is 13.7. The number of hydrogen-bond donors (Lipinski definition) is 1. The van der Waals surface area contributed by atoms with E-state index in [0.717, 1.165) is 0 Å². The van der Waals surface area contributed by atoms with E-state index in [1.165, 1.54) is 16.2 Å². The Balaban J connectivity index is 1.90. The normalized spacial score (nSPS) is 18.1. The van der Waals surface area contributed by atoms with Crippen molar-refractivity contribution in [1.29, 1.82) is 0 Å². The van der Waals surface area contributed by atoms with E-state index in [1.54, 1.807) is 60.1 Å². The first-order chi connectivity index (χ1) is 14.5. The van der Waals surface area contributed by atoms with Crippen molar-refractivity contribution in [3.63, 3.8) is 0 Å². The molecular formula is C22H17ClN2O4S. The van der Waals surface area contributed by atoms with Crippen molar-refractivity contribution in [2.24, 2.45) is 0 Å². The molecule has 0 aliphatic carbocycles. The Labute approximate surface area is 182 Å². The van der Waals surface area contributed by atoms with Gasteiger partial charge in [0.2, 0.25) is 0 Å². The lowest BCUT2D eigenvalue weighted by atomic mass is 9.95. The van der Waals surface area contributed by atoms with E-state index < -0.39 is 17.7 Å². The summed E-state index contributed by atoms with van der Waals surface area (Å²) in [6.45, 7) is 2.32. The van der Waals surface area contributed by atoms with Gasteiger partial charge in [-0.3, -0.25) is 14.5 Å². The number of amides is 1. The second kappa shape index (κ2) is 8.30. The molecule has 6 nitrogen and oxygen atoms in total. The number of aromatic nitrogens is 1. The Morgan fingerprint density at radius 2 is 2.00 bits per heavy atom. The van der Waals surface area contributed by atoms with Crippen molar-refractivity contribution in [2.45, 2.75) is 13.0 Å². The molecule has 1 aliphatic rings. The van der Waals surface area contributed by atoms with Crippen LogP contribution in [0.15, 0.2) is 65.7 Å². The van der Waals surface area contributed by atoms with Crippen LogP contribution < -0.4 is 9.64 Å². The van der Waals surface area contributed by atoms with Gasteiger partial charge in [0.25, 0.3) is 5.78 Å². The fraction of sp³-hybridized carbons (Fsp3) is 0.136. The van der Waals surface area contributed by atoms with Crippen molar-refractivity contribution in [3.05, 3.63) is 81.8 Å². The third-order valence-electron chi connectivity index (χ3n) is 4.67. The highest BCUT2D eigenvalue weighted by atomic mass is 35.5. The summed E-state index contributed by atoms with van der Waals surface area (Å²) < 4.78 is 5.49. The molecule has 0 bridgehead atoms. The van der Waals surface area contributed by atoms with Crippen LogP contribution in [-0.4, -0.2) is 28.4 Å². The molecule has 152 valence electrons. The number of aliphatic hydroxyl groups is 1. The summed E-state index contributed by atoms with van der Waals surface area (Å²) >= 11 is 7.26. The molecule has 1 aliphatic heterocycles. The van der Waals surface area contributed by atoms with Gasteiger partial charge in [-0.15, -0.1) is 11.3 Å². The second-order valence-electron chi connectivity index (χ2n) is 6.50. The molecule has 2 heterocycles. The van der Waals surface area contributed by atoms with Crippen molar-refractivity contribution in [3.8, 4) is 5.75 Å². The number of ether oxygens (including phenoxy) is 1. The summed E-state index contributed by atoms with van der Waals surface area (Å²) in [5.41, 5.74) is 1.01. The van der Waals surface area contributed by atoms with Crippen molar-refractivity contribution in [2.75, 3.05) is 11.5 Å². The summed E-state index contributed by atoms with van der Waals surface area (Å²) in [6.07, 6.45) is 1.56. The topological polar surface area (TPSA) is 79.7 Å². The summed E-state index contributed by atoms with van der Waals surface area (Å²) in [6, 6.07) is 12.7. The number of aliphatic hydroxyl groups excluding tert-OH is 1. The van der Waals surface area contributed by atoms with Crippen LogP contribution in [0, 0.1) is 0 Å². The molecule has 1 N–H and O–H groups in total. The molecule has 1 aromatic heterocycles. The maximum Gasteiger partial charge on any atom is 0.301 e. The van der Waals surface area contributed by atoms with E-state index in [-0.39, 0.29) is 11.3 Å². The molecule has 0 saturated carbocycles. The average Bonchev–Trinajstić information content (AvgIpc) is 3.36. The van der Waals surface area contributed by atoms with E-state index in [9.17, 15) is 14.7 Å². The molecule has 0 spiro atoms. The lowest BCUT2D eigenvalue weighted by molar-refractivity contribution is -0.132. The van der Waals surface area contributed by atoms with Crippen LogP contribution in [-0.2, 0) is 9.59 Å². The molecule has 1 amide bonds. The Morgan fingerprint density at radius 1 is 1.23 bits per heavy atom. The standard InChI is InChI=1S/C22H17ClN2O4S/c1-2-29-16-5-3-4-14(12-16)19(26)17-18(13-6-8-15(23)9-7-13)25(21(28)20(17)27)22-24-10-11-30-22/h3-12,18,26H,2H2,1H3. The Kier molecular flexibility index (Phi) is 5.57. The molecule has 1 unspecified atom stereocenters. The third-order valence-corrected chi connectivity index (χ3v) is 5.70. The fourth-order valence-electron chi connectivity index (χ4n) is 3.38.